The second kappa shape index (κ2) is 13.0. The van der Waals surface area contributed by atoms with Crippen LogP contribution in [0.3, 0.4) is 0 Å². The van der Waals surface area contributed by atoms with Crippen molar-refractivity contribution in [2.75, 3.05) is 5.32 Å². The lowest BCUT2D eigenvalue weighted by atomic mass is 9.97. The van der Waals surface area contributed by atoms with Crippen molar-refractivity contribution < 1.29 is 4.79 Å². The monoisotopic (exact) mass is 395 g/mol. The fraction of sp³-hybridized carbons (Fsp3) is 0.600. The molecule has 1 fully saturated rings. The first-order chi connectivity index (χ1) is 14.1. The molecule has 0 radical (unpaired) electrons. The Morgan fingerprint density at radius 2 is 1.55 bits per heavy atom. The Hall–Kier alpha value is -2.28. The fourth-order valence-electron chi connectivity index (χ4n) is 4.00. The van der Waals surface area contributed by atoms with E-state index in [1.807, 2.05) is 18.2 Å². The van der Waals surface area contributed by atoms with Gasteiger partial charge in [0.05, 0.1) is 0 Å². The van der Waals surface area contributed by atoms with E-state index in [0.717, 1.165) is 31.4 Å². The maximum absolute atomic E-state index is 12.7. The number of rotatable bonds is 5. The lowest BCUT2D eigenvalue weighted by Gasteiger charge is -2.19. The number of amides is 1. The lowest BCUT2D eigenvalue weighted by molar-refractivity contribution is -0.117. The van der Waals surface area contributed by atoms with E-state index in [4.69, 9.17) is 0 Å². The molecule has 29 heavy (non-hydrogen) atoms. The maximum atomic E-state index is 12.7. The van der Waals surface area contributed by atoms with E-state index in [0.29, 0.717) is 5.92 Å². The number of nitriles is 1. The number of carbonyl (C=O) groups excluding carboxylic acids is 1. The lowest BCUT2D eigenvalue weighted by Crippen LogP contribution is -2.35. The number of benzene rings is 1. The highest BCUT2D eigenvalue weighted by molar-refractivity contribution is 5.97. The predicted octanol–water partition coefficient (Wildman–Crippen LogP) is 6.42. The van der Waals surface area contributed by atoms with Gasteiger partial charge in [-0.05, 0) is 30.4 Å². The van der Waals surface area contributed by atoms with Gasteiger partial charge in [-0.2, -0.15) is 5.26 Å². The summed E-state index contributed by atoms with van der Waals surface area (Å²) in [7, 11) is 0. The Morgan fingerprint density at radius 1 is 1.00 bits per heavy atom. The minimum atomic E-state index is -0.265. The van der Waals surface area contributed by atoms with Crippen molar-refractivity contribution in [2.24, 2.45) is 0 Å². The van der Waals surface area contributed by atoms with Crippen LogP contribution in [0, 0.1) is 11.3 Å². The summed E-state index contributed by atoms with van der Waals surface area (Å²) in [6.07, 6.45) is 15.0. The van der Waals surface area contributed by atoms with E-state index in [1.54, 1.807) is 6.20 Å². The molecule has 1 saturated carbocycles. The van der Waals surface area contributed by atoms with Gasteiger partial charge in [-0.15, -0.1) is 0 Å². The Kier molecular flexibility index (Phi) is 10.3. The van der Waals surface area contributed by atoms with Crippen LogP contribution in [0.2, 0.25) is 0 Å². The van der Waals surface area contributed by atoms with Crippen molar-refractivity contribution in [2.45, 2.75) is 96.4 Å². The summed E-state index contributed by atoms with van der Waals surface area (Å²) in [5.41, 5.74) is 2.24. The number of hydrogen-bond donors (Lipinski definition) is 2. The highest BCUT2D eigenvalue weighted by Crippen LogP contribution is 2.24. The SMILES string of the molecule is CC(C)c1ccccc1N/C=C(/C#N)C(=O)NC1CCCCCCCCCCC1. The van der Waals surface area contributed by atoms with Crippen LogP contribution in [0.15, 0.2) is 36.0 Å². The third-order valence-electron chi connectivity index (χ3n) is 5.76. The summed E-state index contributed by atoms with van der Waals surface area (Å²) in [5.74, 6) is 0.0989. The van der Waals surface area contributed by atoms with Crippen molar-refractivity contribution in [1.29, 1.82) is 5.26 Å². The summed E-state index contributed by atoms with van der Waals surface area (Å²) in [5, 5.41) is 15.8. The van der Waals surface area contributed by atoms with Gasteiger partial charge in [0.2, 0.25) is 0 Å². The van der Waals surface area contributed by atoms with Gasteiger partial charge in [0.25, 0.3) is 5.91 Å². The van der Waals surface area contributed by atoms with Crippen LogP contribution in [-0.2, 0) is 4.79 Å². The average Bonchev–Trinajstić information content (AvgIpc) is 2.70. The molecule has 4 nitrogen and oxygen atoms in total. The predicted molar refractivity (Wildman–Crippen MR) is 121 cm³/mol. The second-order valence-electron chi connectivity index (χ2n) is 8.49. The summed E-state index contributed by atoms with van der Waals surface area (Å²) in [4.78, 5) is 12.7. The van der Waals surface area contributed by atoms with E-state index in [9.17, 15) is 10.1 Å². The molecule has 0 heterocycles. The Balaban J connectivity index is 1.98. The number of carbonyl (C=O) groups is 1. The molecule has 2 rings (SSSR count). The van der Waals surface area contributed by atoms with Crippen LogP contribution in [0.1, 0.15) is 96.0 Å². The number of nitrogens with zero attached hydrogens (tertiary/aromatic N) is 1. The van der Waals surface area contributed by atoms with Crippen molar-refractivity contribution >= 4 is 11.6 Å². The molecule has 1 amide bonds. The molecule has 0 unspecified atom stereocenters. The normalized spacial score (nSPS) is 17.7. The van der Waals surface area contributed by atoms with Gasteiger partial charge < -0.3 is 10.6 Å². The summed E-state index contributed by atoms with van der Waals surface area (Å²) < 4.78 is 0. The van der Waals surface area contributed by atoms with E-state index < -0.39 is 0 Å². The number of nitrogens with one attached hydrogen (secondary N) is 2. The van der Waals surface area contributed by atoms with E-state index in [1.165, 1.54) is 50.5 Å². The smallest absolute Gasteiger partial charge is 0.263 e. The van der Waals surface area contributed by atoms with Crippen LogP contribution in [0.4, 0.5) is 5.69 Å². The van der Waals surface area contributed by atoms with Gasteiger partial charge in [0.15, 0.2) is 0 Å². The van der Waals surface area contributed by atoms with Gasteiger partial charge in [0.1, 0.15) is 11.6 Å². The minimum Gasteiger partial charge on any atom is -0.360 e. The van der Waals surface area contributed by atoms with E-state index in [-0.39, 0.29) is 17.5 Å². The molecule has 0 saturated heterocycles. The zero-order valence-corrected chi connectivity index (χ0v) is 18.2. The molecule has 2 N–H and O–H groups in total. The molecule has 0 bridgehead atoms. The van der Waals surface area contributed by atoms with Crippen LogP contribution in [0.5, 0.6) is 0 Å². The topological polar surface area (TPSA) is 64.9 Å². The van der Waals surface area contributed by atoms with Crippen LogP contribution in [0.25, 0.3) is 0 Å². The standard InChI is InChI=1S/C25H37N3O/c1-20(2)23-16-12-13-17-24(23)27-19-21(18-26)25(29)28-22-14-10-8-6-4-3-5-7-9-11-15-22/h12-13,16-17,19-20,22,27H,3-11,14-15H2,1-2H3,(H,28,29)/b21-19-. The molecular weight excluding hydrogens is 358 g/mol. The number of para-hydroxylation sites is 1. The molecule has 4 heteroatoms. The quantitative estimate of drug-likeness (QED) is 0.446. The average molecular weight is 396 g/mol. The van der Waals surface area contributed by atoms with Crippen molar-refractivity contribution in [3.63, 3.8) is 0 Å². The molecule has 0 spiro atoms. The third kappa shape index (κ3) is 8.31. The number of hydrogen-bond acceptors (Lipinski definition) is 3. The maximum Gasteiger partial charge on any atom is 0.263 e. The van der Waals surface area contributed by atoms with Gasteiger partial charge in [-0.3, -0.25) is 4.79 Å². The molecule has 1 aromatic carbocycles. The van der Waals surface area contributed by atoms with E-state index >= 15 is 0 Å². The molecule has 158 valence electrons. The van der Waals surface area contributed by atoms with E-state index in [2.05, 4.69) is 36.6 Å². The fourth-order valence-corrected chi connectivity index (χ4v) is 4.00. The molecule has 1 aliphatic rings. The molecule has 0 aromatic heterocycles. The molecular formula is C25H37N3O. The third-order valence-corrected chi connectivity index (χ3v) is 5.76. The molecule has 0 aliphatic heterocycles. The summed E-state index contributed by atoms with van der Waals surface area (Å²) >= 11 is 0. The largest absolute Gasteiger partial charge is 0.360 e. The van der Waals surface area contributed by atoms with Crippen LogP contribution in [-0.4, -0.2) is 11.9 Å². The van der Waals surface area contributed by atoms with Gasteiger partial charge in [0, 0.05) is 17.9 Å². The van der Waals surface area contributed by atoms with Crippen LogP contribution >= 0.6 is 0 Å². The zero-order chi connectivity index (χ0) is 20.9. The highest BCUT2D eigenvalue weighted by Gasteiger charge is 2.16. The van der Waals surface area contributed by atoms with Gasteiger partial charge >= 0.3 is 0 Å². The molecule has 1 aromatic rings. The number of anilines is 1. The first-order valence-electron chi connectivity index (χ1n) is 11.4. The zero-order valence-electron chi connectivity index (χ0n) is 18.2. The minimum absolute atomic E-state index is 0.134. The first kappa shape index (κ1) is 23.0. The summed E-state index contributed by atoms with van der Waals surface area (Å²) in [6.45, 7) is 4.26. The van der Waals surface area contributed by atoms with Crippen molar-refractivity contribution in [1.82, 2.24) is 5.32 Å². The first-order valence-corrected chi connectivity index (χ1v) is 11.4. The van der Waals surface area contributed by atoms with Crippen LogP contribution < -0.4 is 10.6 Å². The summed E-state index contributed by atoms with van der Waals surface area (Å²) in [6, 6.07) is 10.2. The Bertz CT molecular complexity index is 690. The highest BCUT2D eigenvalue weighted by atomic mass is 16.1. The Labute approximate surface area is 176 Å². The van der Waals surface area contributed by atoms with Gasteiger partial charge in [-0.25, -0.2) is 0 Å². The van der Waals surface area contributed by atoms with Crippen molar-refractivity contribution in [3.05, 3.63) is 41.6 Å². The molecule has 1 aliphatic carbocycles. The van der Waals surface area contributed by atoms with Crippen molar-refractivity contribution in [3.8, 4) is 6.07 Å². The Morgan fingerprint density at radius 3 is 2.10 bits per heavy atom. The van der Waals surface area contributed by atoms with Gasteiger partial charge in [-0.1, -0.05) is 89.8 Å². The second-order valence-corrected chi connectivity index (χ2v) is 8.49. The molecule has 0 atom stereocenters.